The Kier molecular flexibility index (Phi) is 5.75. The molecule has 1 saturated carbocycles. The van der Waals surface area contributed by atoms with Crippen LogP contribution in [0.3, 0.4) is 0 Å². The fourth-order valence-electron chi connectivity index (χ4n) is 3.76. The SMILES string of the molecule is CC(C)C1CCCCC1NCCC1=CCCCC1. The number of allylic oxidation sites excluding steroid dienone is 1. The average Bonchev–Trinajstić information content (AvgIpc) is 2.40. The fraction of sp³-hybridized carbons (Fsp3) is 0.882. The molecule has 0 bridgehead atoms. The van der Waals surface area contributed by atoms with E-state index in [0.717, 1.165) is 17.9 Å². The van der Waals surface area contributed by atoms with E-state index in [1.165, 1.54) is 64.3 Å². The van der Waals surface area contributed by atoms with Crippen molar-refractivity contribution in [2.45, 2.75) is 77.7 Å². The summed E-state index contributed by atoms with van der Waals surface area (Å²) >= 11 is 0. The van der Waals surface area contributed by atoms with Gasteiger partial charge in [0.25, 0.3) is 0 Å². The maximum absolute atomic E-state index is 3.86. The Morgan fingerprint density at radius 1 is 1.17 bits per heavy atom. The fourth-order valence-corrected chi connectivity index (χ4v) is 3.76. The zero-order chi connectivity index (χ0) is 12.8. The quantitative estimate of drug-likeness (QED) is 0.698. The first-order valence-corrected chi connectivity index (χ1v) is 8.18. The second-order valence-corrected chi connectivity index (χ2v) is 6.61. The van der Waals surface area contributed by atoms with Gasteiger partial charge in [-0.2, -0.15) is 0 Å². The Morgan fingerprint density at radius 2 is 2.00 bits per heavy atom. The van der Waals surface area contributed by atoms with E-state index in [4.69, 9.17) is 0 Å². The Bertz CT molecular complexity index is 267. The van der Waals surface area contributed by atoms with Gasteiger partial charge in [-0.1, -0.05) is 38.3 Å². The zero-order valence-electron chi connectivity index (χ0n) is 12.4. The van der Waals surface area contributed by atoms with Crippen molar-refractivity contribution in [3.8, 4) is 0 Å². The summed E-state index contributed by atoms with van der Waals surface area (Å²) < 4.78 is 0. The van der Waals surface area contributed by atoms with Gasteiger partial charge in [0.2, 0.25) is 0 Å². The molecule has 0 spiro atoms. The molecule has 2 aliphatic carbocycles. The third-order valence-electron chi connectivity index (χ3n) is 4.91. The van der Waals surface area contributed by atoms with Crippen molar-refractivity contribution in [1.29, 1.82) is 0 Å². The maximum atomic E-state index is 3.86. The molecule has 0 aromatic carbocycles. The normalized spacial score (nSPS) is 29.4. The molecule has 0 aliphatic heterocycles. The number of hydrogen-bond donors (Lipinski definition) is 1. The van der Waals surface area contributed by atoms with Gasteiger partial charge in [-0.3, -0.25) is 0 Å². The van der Waals surface area contributed by atoms with Gasteiger partial charge < -0.3 is 5.32 Å². The Morgan fingerprint density at radius 3 is 2.72 bits per heavy atom. The third-order valence-corrected chi connectivity index (χ3v) is 4.91. The molecule has 2 rings (SSSR count). The van der Waals surface area contributed by atoms with Crippen LogP contribution in [-0.2, 0) is 0 Å². The van der Waals surface area contributed by atoms with Crippen molar-refractivity contribution in [2.75, 3.05) is 6.54 Å². The van der Waals surface area contributed by atoms with Gasteiger partial charge in [0.15, 0.2) is 0 Å². The van der Waals surface area contributed by atoms with Gasteiger partial charge in [-0.15, -0.1) is 0 Å². The summed E-state index contributed by atoms with van der Waals surface area (Å²) in [4.78, 5) is 0. The molecule has 104 valence electrons. The summed E-state index contributed by atoms with van der Waals surface area (Å²) in [6.07, 6.45) is 15.0. The smallest absolute Gasteiger partial charge is 0.00978 e. The van der Waals surface area contributed by atoms with E-state index >= 15 is 0 Å². The van der Waals surface area contributed by atoms with Crippen molar-refractivity contribution in [3.63, 3.8) is 0 Å². The first-order valence-electron chi connectivity index (χ1n) is 8.18. The molecule has 1 nitrogen and oxygen atoms in total. The zero-order valence-corrected chi connectivity index (χ0v) is 12.4. The maximum Gasteiger partial charge on any atom is 0.00978 e. The number of nitrogens with one attached hydrogen (secondary N) is 1. The lowest BCUT2D eigenvalue weighted by Crippen LogP contribution is -2.41. The molecule has 1 fully saturated rings. The second-order valence-electron chi connectivity index (χ2n) is 6.61. The first kappa shape index (κ1) is 14.1. The lowest BCUT2D eigenvalue weighted by atomic mass is 9.78. The van der Waals surface area contributed by atoms with Crippen molar-refractivity contribution in [2.24, 2.45) is 11.8 Å². The van der Waals surface area contributed by atoms with Gasteiger partial charge in [0.05, 0.1) is 0 Å². The van der Waals surface area contributed by atoms with Crippen LogP contribution in [0.1, 0.15) is 71.6 Å². The standard InChI is InChI=1S/C17H31N/c1-14(2)16-10-6-7-11-17(16)18-13-12-15-8-4-3-5-9-15/h8,14,16-18H,3-7,9-13H2,1-2H3. The molecule has 1 heteroatoms. The van der Waals surface area contributed by atoms with E-state index in [9.17, 15) is 0 Å². The van der Waals surface area contributed by atoms with Crippen LogP contribution in [0, 0.1) is 11.8 Å². The molecule has 0 amide bonds. The summed E-state index contributed by atoms with van der Waals surface area (Å²) in [5, 5.41) is 3.86. The Balaban J connectivity index is 1.72. The highest BCUT2D eigenvalue weighted by Crippen LogP contribution is 2.30. The lowest BCUT2D eigenvalue weighted by Gasteiger charge is -2.35. The highest BCUT2D eigenvalue weighted by atomic mass is 14.9. The van der Waals surface area contributed by atoms with E-state index in [1.807, 2.05) is 0 Å². The highest BCUT2D eigenvalue weighted by molar-refractivity contribution is 5.05. The van der Waals surface area contributed by atoms with E-state index in [0.29, 0.717) is 0 Å². The van der Waals surface area contributed by atoms with Gasteiger partial charge in [0.1, 0.15) is 0 Å². The van der Waals surface area contributed by atoms with Crippen LogP contribution in [0.25, 0.3) is 0 Å². The minimum Gasteiger partial charge on any atom is -0.313 e. The van der Waals surface area contributed by atoms with E-state index < -0.39 is 0 Å². The summed E-state index contributed by atoms with van der Waals surface area (Å²) in [6, 6.07) is 0.794. The molecule has 0 aromatic rings. The lowest BCUT2D eigenvalue weighted by molar-refractivity contribution is 0.206. The second kappa shape index (κ2) is 7.33. The molecule has 18 heavy (non-hydrogen) atoms. The van der Waals surface area contributed by atoms with Crippen LogP contribution < -0.4 is 5.32 Å². The molecule has 0 saturated heterocycles. The molecule has 1 N–H and O–H groups in total. The molecular formula is C17H31N. The van der Waals surface area contributed by atoms with E-state index in [2.05, 4.69) is 25.2 Å². The summed E-state index contributed by atoms with van der Waals surface area (Å²) in [7, 11) is 0. The molecule has 2 aliphatic rings. The summed E-state index contributed by atoms with van der Waals surface area (Å²) in [5.41, 5.74) is 1.71. The predicted molar refractivity (Wildman–Crippen MR) is 79.8 cm³/mol. The van der Waals surface area contributed by atoms with E-state index in [1.54, 1.807) is 5.57 Å². The molecule has 2 unspecified atom stereocenters. The van der Waals surface area contributed by atoms with Crippen molar-refractivity contribution in [1.82, 2.24) is 5.32 Å². The molecule has 0 heterocycles. The van der Waals surface area contributed by atoms with Gasteiger partial charge in [-0.25, -0.2) is 0 Å². The van der Waals surface area contributed by atoms with Crippen LogP contribution in [-0.4, -0.2) is 12.6 Å². The van der Waals surface area contributed by atoms with Gasteiger partial charge in [0, 0.05) is 6.04 Å². The van der Waals surface area contributed by atoms with Gasteiger partial charge in [-0.05, 0) is 63.3 Å². The predicted octanol–water partition coefficient (Wildman–Crippen LogP) is 4.68. The summed E-state index contributed by atoms with van der Waals surface area (Å²) in [5.74, 6) is 1.76. The first-order chi connectivity index (χ1) is 8.77. The monoisotopic (exact) mass is 249 g/mol. The Hall–Kier alpha value is -0.300. The molecular weight excluding hydrogens is 218 g/mol. The molecule has 0 aromatic heterocycles. The molecule has 0 radical (unpaired) electrons. The largest absolute Gasteiger partial charge is 0.313 e. The highest BCUT2D eigenvalue weighted by Gasteiger charge is 2.26. The average molecular weight is 249 g/mol. The minimum atomic E-state index is 0.794. The topological polar surface area (TPSA) is 12.0 Å². The van der Waals surface area contributed by atoms with Crippen molar-refractivity contribution < 1.29 is 0 Å². The minimum absolute atomic E-state index is 0.794. The van der Waals surface area contributed by atoms with Gasteiger partial charge >= 0.3 is 0 Å². The number of hydrogen-bond acceptors (Lipinski definition) is 1. The Labute approximate surface area is 113 Å². The van der Waals surface area contributed by atoms with Crippen molar-refractivity contribution >= 4 is 0 Å². The molecule has 2 atom stereocenters. The third kappa shape index (κ3) is 4.12. The van der Waals surface area contributed by atoms with Crippen molar-refractivity contribution in [3.05, 3.63) is 11.6 Å². The number of rotatable bonds is 5. The summed E-state index contributed by atoms with van der Waals surface area (Å²) in [6.45, 7) is 6.00. The van der Waals surface area contributed by atoms with Crippen LogP contribution >= 0.6 is 0 Å². The van der Waals surface area contributed by atoms with Crippen LogP contribution in [0.4, 0.5) is 0 Å². The van der Waals surface area contributed by atoms with Crippen LogP contribution in [0.5, 0.6) is 0 Å². The van der Waals surface area contributed by atoms with Crippen LogP contribution in [0.15, 0.2) is 11.6 Å². The van der Waals surface area contributed by atoms with E-state index in [-0.39, 0.29) is 0 Å². The van der Waals surface area contributed by atoms with Crippen LogP contribution in [0.2, 0.25) is 0 Å².